The lowest BCUT2D eigenvalue weighted by molar-refractivity contribution is -0.124. The van der Waals surface area contributed by atoms with Gasteiger partial charge in [0.25, 0.3) is 5.91 Å². The highest BCUT2D eigenvalue weighted by atomic mass is 32.1. The molecule has 3 heterocycles. The van der Waals surface area contributed by atoms with E-state index in [4.69, 9.17) is 4.74 Å². The lowest BCUT2D eigenvalue weighted by atomic mass is 10.2. The molecule has 2 aromatic rings. The molecule has 0 spiro atoms. The largest absolute Gasteiger partial charge is 0.368 e. The summed E-state index contributed by atoms with van der Waals surface area (Å²) in [6.45, 7) is 2.75. The van der Waals surface area contributed by atoms with E-state index in [1.54, 1.807) is 11.3 Å². The molecule has 1 aliphatic rings. The molecule has 2 aromatic heterocycles. The van der Waals surface area contributed by atoms with E-state index in [1.165, 1.54) is 16.2 Å². The molecule has 0 saturated carbocycles. The molecule has 1 atom stereocenters. The number of nitrogens with one attached hydrogen (secondary N) is 1. The molecule has 1 amide bonds. The van der Waals surface area contributed by atoms with Gasteiger partial charge in [0.15, 0.2) is 5.13 Å². The Bertz CT molecular complexity index is 585. The number of aryl methyl sites for hydroxylation is 1. The number of anilines is 1. The molecular weight excluding hydrogens is 280 g/mol. The third kappa shape index (κ3) is 2.86. The molecule has 4 nitrogen and oxygen atoms in total. The van der Waals surface area contributed by atoms with Crippen molar-refractivity contribution in [3.8, 4) is 10.6 Å². The fraction of sp³-hybridized carbons (Fsp3) is 0.385. The van der Waals surface area contributed by atoms with Crippen LogP contribution in [0, 0.1) is 6.92 Å². The van der Waals surface area contributed by atoms with Crippen LogP contribution in [0.2, 0.25) is 0 Å². The highest BCUT2D eigenvalue weighted by Crippen LogP contribution is 2.30. The lowest BCUT2D eigenvalue weighted by Gasteiger charge is -2.07. The van der Waals surface area contributed by atoms with Gasteiger partial charge in [-0.1, -0.05) is 0 Å². The molecule has 3 rings (SSSR count). The Kier molecular flexibility index (Phi) is 3.63. The Morgan fingerprint density at radius 3 is 3.11 bits per heavy atom. The van der Waals surface area contributed by atoms with Crippen LogP contribution in [-0.4, -0.2) is 23.6 Å². The molecule has 0 aromatic carbocycles. The molecule has 1 N–H and O–H groups in total. The molecule has 100 valence electrons. The second-order valence-corrected chi connectivity index (χ2v) is 6.59. The van der Waals surface area contributed by atoms with Crippen molar-refractivity contribution in [2.45, 2.75) is 25.9 Å². The topological polar surface area (TPSA) is 51.2 Å². The number of ether oxygens (including phenoxy) is 1. The predicted molar refractivity (Wildman–Crippen MR) is 77.8 cm³/mol. The van der Waals surface area contributed by atoms with E-state index in [0.717, 1.165) is 23.4 Å². The van der Waals surface area contributed by atoms with Gasteiger partial charge in [0.05, 0.1) is 10.6 Å². The van der Waals surface area contributed by atoms with Crippen LogP contribution in [0.5, 0.6) is 0 Å². The van der Waals surface area contributed by atoms with Gasteiger partial charge in [-0.05, 0) is 31.9 Å². The molecule has 6 heteroatoms. The van der Waals surface area contributed by atoms with E-state index < -0.39 is 0 Å². The van der Waals surface area contributed by atoms with Crippen molar-refractivity contribution in [3.05, 3.63) is 22.4 Å². The predicted octanol–water partition coefficient (Wildman–Crippen LogP) is 3.30. The van der Waals surface area contributed by atoms with Gasteiger partial charge in [-0.3, -0.25) is 10.1 Å². The Balaban J connectivity index is 1.69. The van der Waals surface area contributed by atoms with Gasteiger partial charge in [-0.15, -0.1) is 22.7 Å². The minimum atomic E-state index is -0.309. The maximum atomic E-state index is 11.9. The van der Waals surface area contributed by atoms with Crippen LogP contribution in [0.25, 0.3) is 10.6 Å². The lowest BCUT2D eigenvalue weighted by Crippen LogP contribution is -2.26. The summed E-state index contributed by atoms with van der Waals surface area (Å²) >= 11 is 3.15. The average molecular weight is 294 g/mol. The van der Waals surface area contributed by atoms with Gasteiger partial charge in [-0.25, -0.2) is 4.98 Å². The molecule has 1 saturated heterocycles. The third-order valence-corrected chi connectivity index (χ3v) is 4.73. The van der Waals surface area contributed by atoms with E-state index in [0.29, 0.717) is 11.7 Å². The van der Waals surface area contributed by atoms with Crippen LogP contribution < -0.4 is 5.32 Å². The molecule has 19 heavy (non-hydrogen) atoms. The molecule has 1 aliphatic heterocycles. The van der Waals surface area contributed by atoms with E-state index in [1.807, 2.05) is 5.38 Å². The molecule has 0 aliphatic carbocycles. The summed E-state index contributed by atoms with van der Waals surface area (Å²) in [4.78, 5) is 18.7. The fourth-order valence-electron chi connectivity index (χ4n) is 1.99. The zero-order valence-electron chi connectivity index (χ0n) is 10.5. The zero-order valence-corrected chi connectivity index (χ0v) is 12.1. The average Bonchev–Trinajstić information content (AvgIpc) is 3.07. The highest BCUT2D eigenvalue weighted by molar-refractivity contribution is 7.17. The standard InChI is InChI=1S/C13H14N2O2S2/c1-8-4-5-11(19-8)9-7-18-13(14-9)15-12(16)10-3-2-6-17-10/h4-5,7,10H,2-3,6H2,1H3,(H,14,15,16). The van der Waals surface area contributed by atoms with Gasteiger partial charge in [0.2, 0.25) is 0 Å². The summed E-state index contributed by atoms with van der Waals surface area (Å²) in [7, 11) is 0. The van der Waals surface area contributed by atoms with Crippen LogP contribution in [0.15, 0.2) is 17.5 Å². The Labute approximate surface area is 119 Å². The first-order chi connectivity index (χ1) is 9.22. The van der Waals surface area contributed by atoms with E-state index in [9.17, 15) is 4.79 Å². The molecule has 0 bridgehead atoms. The van der Waals surface area contributed by atoms with Crippen LogP contribution in [-0.2, 0) is 9.53 Å². The fourth-order valence-corrected chi connectivity index (χ4v) is 3.60. The molecule has 1 unspecified atom stereocenters. The molecule has 0 radical (unpaired) electrons. The Hall–Kier alpha value is -1.24. The van der Waals surface area contributed by atoms with Crippen molar-refractivity contribution in [2.24, 2.45) is 0 Å². The SMILES string of the molecule is Cc1ccc(-c2csc(NC(=O)C3CCCO3)n2)s1. The maximum absolute atomic E-state index is 11.9. The van der Waals surface area contributed by atoms with E-state index in [-0.39, 0.29) is 12.0 Å². The summed E-state index contributed by atoms with van der Waals surface area (Å²) in [5, 5.41) is 5.44. The zero-order chi connectivity index (χ0) is 13.2. The number of hydrogen-bond acceptors (Lipinski definition) is 5. The van der Waals surface area contributed by atoms with Crippen molar-refractivity contribution >= 4 is 33.7 Å². The van der Waals surface area contributed by atoms with Crippen LogP contribution >= 0.6 is 22.7 Å². The summed E-state index contributed by atoms with van der Waals surface area (Å²) < 4.78 is 5.35. The van der Waals surface area contributed by atoms with Crippen LogP contribution in [0.1, 0.15) is 17.7 Å². The summed E-state index contributed by atoms with van der Waals surface area (Å²) in [6, 6.07) is 4.13. The first kappa shape index (κ1) is 12.8. The van der Waals surface area contributed by atoms with Crippen molar-refractivity contribution in [2.75, 3.05) is 11.9 Å². The minimum absolute atomic E-state index is 0.0826. The number of thiophene rings is 1. The second kappa shape index (κ2) is 5.40. The van der Waals surface area contributed by atoms with E-state index in [2.05, 4.69) is 29.4 Å². The van der Waals surface area contributed by atoms with Crippen molar-refractivity contribution in [1.82, 2.24) is 4.98 Å². The van der Waals surface area contributed by atoms with Gasteiger partial charge in [-0.2, -0.15) is 0 Å². The van der Waals surface area contributed by atoms with Crippen molar-refractivity contribution < 1.29 is 9.53 Å². The summed E-state index contributed by atoms with van der Waals surface area (Å²) in [5.41, 5.74) is 0.922. The number of rotatable bonds is 3. The highest BCUT2D eigenvalue weighted by Gasteiger charge is 2.24. The third-order valence-electron chi connectivity index (χ3n) is 2.95. The maximum Gasteiger partial charge on any atom is 0.255 e. The van der Waals surface area contributed by atoms with Gasteiger partial charge in [0.1, 0.15) is 6.10 Å². The van der Waals surface area contributed by atoms with Crippen LogP contribution in [0.3, 0.4) is 0 Å². The smallest absolute Gasteiger partial charge is 0.255 e. The quantitative estimate of drug-likeness (QED) is 0.945. The number of amides is 1. The first-order valence-electron chi connectivity index (χ1n) is 6.17. The van der Waals surface area contributed by atoms with Gasteiger partial charge < -0.3 is 4.74 Å². The Morgan fingerprint density at radius 2 is 2.42 bits per heavy atom. The number of hydrogen-bond donors (Lipinski definition) is 1. The number of nitrogens with zero attached hydrogens (tertiary/aromatic N) is 1. The second-order valence-electron chi connectivity index (χ2n) is 4.44. The number of carbonyl (C=O) groups excluding carboxylic acids is 1. The van der Waals surface area contributed by atoms with Gasteiger partial charge in [0, 0.05) is 16.9 Å². The summed E-state index contributed by atoms with van der Waals surface area (Å²) in [6.07, 6.45) is 1.44. The molecular formula is C13H14N2O2S2. The minimum Gasteiger partial charge on any atom is -0.368 e. The Morgan fingerprint density at radius 1 is 1.53 bits per heavy atom. The van der Waals surface area contributed by atoms with Crippen molar-refractivity contribution in [1.29, 1.82) is 0 Å². The monoisotopic (exact) mass is 294 g/mol. The number of thiazole rings is 1. The molecule has 1 fully saturated rings. The normalized spacial score (nSPS) is 18.7. The van der Waals surface area contributed by atoms with Crippen LogP contribution in [0.4, 0.5) is 5.13 Å². The number of carbonyl (C=O) groups is 1. The summed E-state index contributed by atoms with van der Waals surface area (Å²) in [5.74, 6) is -0.0826. The van der Waals surface area contributed by atoms with E-state index >= 15 is 0 Å². The van der Waals surface area contributed by atoms with Gasteiger partial charge >= 0.3 is 0 Å². The number of aromatic nitrogens is 1. The first-order valence-corrected chi connectivity index (χ1v) is 7.87. The van der Waals surface area contributed by atoms with Crippen molar-refractivity contribution in [3.63, 3.8) is 0 Å².